The summed E-state index contributed by atoms with van der Waals surface area (Å²) in [6.45, 7) is 1.78. The van der Waals surface area contributed by atoms with Gasteiger partial charge < -0.3 is 48.5 Å². The van der Waals surface area contributed by atoms with Gasteiger partial charge >= 0.3 is 11.9 Å². The zero-order valence-corrected chi connectivity index (χ0v) is 21.0. The first-order valence-corrected chi connectivity index (χ1v) is 11.7. The lowest BCUT2D eigenvalue weighted by molar-refractivity contribution is -0.282. The number of rotatable bonds is 7. The van der Waals surface area contributed by atoms with Crippen LogP contribution in [0.3, 0.4) is 0 Å². The number of methoxy groups -OCH3 is 1. The van der Waals surface area contributed by atoms with Gasteiger partial charge in [0.25, 0.3) is 0 Å². The Labute approximate surface area is 220 Å². The van der Waals surface area contributed by atoms with E-state index < -0.39 is 54.7 Å². The van der Waals surface area contributed by atoms with E-state index in [2.05, 4.69) is 0 Å². The number of benzene rings is 2. The number of fused-ring (bicyclic) bond motifs is 1. The van der Waals surface area contributed by atoms with Crippen LogP contribution in [0.2, 0.25) is 0 Å². The molecule has 13 heteroatoms. The van der Waals surface area contributed by atoms with Crippen LogP contribution in [0, 0.1) is 0 Å². The highest BCUT2D eigenvalue weighted by molar-refractivity contribution is 5.87. The molecule has 208 valence electrons. The first kappa shape index (κ1) is 27.7. The van der Waals surface area contributed by atoms with Crippen LogP contribution in [0.4, 0.5) is 0 Å². The molecule has 1 fully saturated rings. The summed E-state index contributed by atoms with van der Waals surface area (Å²) in [7, 11) is 1.36. The van der Waals surface area contributed by atoms with Crippen molar-refractivity contribution in [1.29, 1.82) is 0 Å². The Morgan fingerprint density at radius 2 is 1.74 bits per heavy atom. The molecule has 2 aromatic carbocycles. The van der Waals surface area contributed by atoms with Crippen molar-refractivity contribution in [2.45, 2.75) is 44.6 Å². The Bertz CT molecular complexity index is 1440. The second kappa shape index (κ2) is 11.2. The standard InChI is InChI=1S/C26H26O13/c1-11(27)35-10-20-23(32)24(33)25(36-12(2)28)26(39-20)38-17-6-4-5-14(29)22(17)19-9-16(31)21-15(30)7-13(34-3)8-18(21)37-19/h4-9,20,23-26,29-30,32-33H,10H2,1-3H3. The molecule has 0 radical (unpaired) electrons. The van der Waals surface area contributed by atoms with Gasteiger partial charge in [-0.3, -0.25) is 14.4 Å². The lowest BCUT2D eigenvalue weighted by Crippen LogP contribution is -2.61. The summed E-state index contributed by atoms with van der Waals surface area (Å²) in [4.78, 5) is 35.9. The average molecular weight is 546 g/mol. The predicted octanol–water partition coefficient (Wildman–Crippen LogP) is 1.20. The van der Waals surface area contributed by atoms with E-state index in [0.29, 0.717) is 0 Å². The van der Waals surface area contributed by atoms with Gasteiger partial charge in [-0.25, -0.2) is 0 Å². The number of hydrogen-bond donors (Lipinski definition) is 4. The van der Waals surface area contributed by atoms with Gasteiger partial charge in [0.1, 0.15) is 70.2 Å². The molecule has 0 amide bonds. The number of ether oxygens (including phenoxy) is 5. The minimum Gasteiger partial charge on any atom is -0.507 e. The zero-order chi connectivity index (χ0) is 28.4. The summed E-state index contributed by atoms with van der Waals surface area (Å²) in [5, 5.41) is 42.0. The molecule has 5 atom stereocenters. The molecule has 0 bridgehead atoms. The molecule has 1 saturated heterocycles. The average Bonchev–Trinajstić information content (AvgIpc) is 2.86. The molecule has 0 saturated carbocycles. The molecule has 13 nitrogen and oxygen atoms in total. The SMILES string of the molecule is COc1cc(O)c2c(=O)cc(-c3c(O)cccc3OC3OC(COC(C)=O)C(O)C(O)C3OC(C)=O)oc2c1. The van der Waals surface area contributed by atoms with Gasteiger partial charge in [0.05, 0.1) is 7.11 Å². The first-order chi connectivity index (χ1) is 18.5. The van der Waals surface area contributed by atoms with E-state index in [4.69, 9.17) is 28.1 Å². The molecule has 5 unspecified atom stereocenters. The van der Waals surface area contributed by atoms with E-state index in [-0.39, 0.29) is 45.3 Å². The molecule has 3 aromatic rings. The maximum atomic E-state index is 12.9. The number of aromatic hydroxyl groups is 2. The minimum absolute atomic E-state index is 0.0461. The van der Waals surface area contributed by atoms with Crippen LogP contribution >= 0.6 is 0 Å². The zero-order valence-electron chi connectivity index (χ0n) is 21.0. The monoisotopic (exact) mass is 546 g/mol. The number of aliphatic hydroxyl groups excluding tert-OH is 2. The normalized spacial score (nSPS) is 22.7. The maximum absolute atomic E-state index is 12.9. The van der Waals surface area contributed by atoms with Crippen LogP contribution in [-0.4, -0.2) is 76.8 Å². The van der Waals surface area contributed by atoms with Crippen LogP contribution in [0.15, 0.2) is 45.6 Å². The summed E-state index contributed by atoms with van der Waals surface area (Å²) in [6, 6.07) is 7.74. The number of esters is 2. The molecule has 4 N–H and O–H groups in total. The van der Waals surface area contributed by atoms with Gasteiger partial charge in [-0.1, -0.05) is 6.07 Å². The molecule has 1 aromatic heterocycles. The molecule has 39 heavy (non-hydrogen) atoms. The van der Waals surface area contributed by atoms with Crippen LogP contribution in [0.25, 0.3) is 22.3 Å². The summed E-state index contributed by atoms with van der Waals surface area (Å²) < 4.78 is 32.6. The Kier molecular flexibility index (Phi) is 7.95. The highest BCUT2D eigenvalue weighted by atomic mass is 16.7. The van der Waals surface area contributed by atoms with Gasteiger partial charge in [0.2, 0.25) is 6.29 Å². The van der Waals surface area contributed by atoms with Gasteiger partial charge in [-0.15, -0.1) is 0 Å². The number of aliphatic hydroxyl groups is 2. The van der Waals surface area contributed by atoms with Crippen molar-refractivity contribution in [2.75, 3.05) is 13.7 Å². The molecule has 0 spiro atoms. The van der Waals surface area contributed by atoms with Crippen LogP contribution in [0.1, 0.15) is 13.8 Å². The van der Waals surface area contributed by atoms with Gasteiger partial charge in [-0.05, 0) is 12.1 Å². The first-order valence-electron chi connectivity index (χ1n) is 11.7. The lowest BCUT2D eigenvalue weighted by atomic mass is 9.99. The molecule has 4 rings (SSSR count). The summed E-state index contributed by atoms with van der Waals surface area (Å²) in [5.41, 5.74) is -0.788. The van der Waals surface area contributed by atoms with Crippen molar-refractivity contribution in [3.63, 3.8) is 0 Å². The van der Waals surface area contributed by atoms with E-state index in [1.54, 1.807) is 0 Å². The molecule has 1 aliphatic heterocycles. The summed E-state index contributed by atoms with van der Waals surface area (Å²) in [5.74, 6) is -2.30. The quantitative estimate of drug-likeness (QED) is 0.309. The van der Waals surface area contributed by atoms with E-state index in [0.717, 1.165) is 19.9 Å². The van der Waals surface area contributed by atoms with E-state index >= 15 is 0 Å². The number of phenols is 2. The third kappa shape index (κ3) is 5.74. The largest absolute Gasteiger partial charge is 0.507 e. The van der Waals surface area contributed by atoms with Gasteiger partial charge in [-0.2, -0.15) is 0 Å². The van der Waals surface area contributed by atoms with E-state index in [9.17, 15) is 34.8 Å². The summed E-state index contributed by atoms with van der Waals surface area (Å²) >= 11 is 0. The van der Waals surface area contributed by atoms with E-state index in [1.807, 2.05) is 0 Å². The van der Waals surface area contributed by atoms with E-state index in [1.165, 1.54) is 37.4 Å². The van der Waals surface area contributed by atoms with Crippen molar-refractivity contribution in [1.82, 2.24) is 0 Å². The van der Waals surface area contributed by atoms with Crippen molar-refractivity contribution in [3.05, 3.63) is 46.6 Å². The van der Waals surface area contributed by atoms with Crippen molar-refractivity contribution < 1.29 is 58.1 Å². The minimum atomic E-state index is -1.71. The second-order valence-electron chi connectivity index (χ2n) is 8.66. The highest BCUT2D eigenvalue weighted by Gasteiger charge is 2.48. The number of carbonyl (C=O) groups is 2. The highest BCUT2D eigenvalue weighted by Crippen LogP contribution is 2.41. The fraction of sp³-hybridized carbons (Fsp3) is 0.346. The number of carbonyl (C=O) groups excluding carboxylic acids is 2. The number of hydrogen-bond acceptors (Lipinski definition) is 13. The van der Waals surface area contributed by atoms with Crippen LogP contribution in [-0.2, 0) is 23.8 Å². The van der Waals surface area contributed by atoms with Gasteiger partial charge in [0.15, 0.2) is 11.5 Å². The lowest BCUT2D eigenvalue weighted by Gasteiger charge is -2.41. The van der Waals surface area contributed by atoms with Crippen molar-refractivity contribution in [2.24, 2.45) is 0 Å². The summed E-state index contributed by atoms with van der Waals surface area (Å²) in [6.07, 6.45) is -7.69. The Morgan fingerprint density at radius 3 is 2.41 bits per heavy atom. The van der Waals surface area contributed by atoms with Crippen molar-refractivity contribution in [3.8, 4) is 34.3 Å². The Hall–Kier alpha value is -4.33. The molecular weight excluding hydrogens is 520 g/mol. The third-order valence-corrected chi connectivity index (χ3v) is 5.91. The van der Waals surface area contributed by atoms with Gasteiger partial charge in [0, 0.05) is 32.0 Å². The number of phenolic OH excluding ortho intramolecular Hbond substituents is 2. The molecular formula is C26H26O13. The topological polar surface area (TPSA) is 191 Å². The third-order valence-electron chi connectivity index (χ3n) is 5.91. The fourth-order valence-electron chi connectivity index (χ4n) is 4.13. The van der Waals surface area contributed by atoms with Crippen LogP contribution < -0.4 is 14.9 Å². The van der Waals surface area contributed by atoms with Crippen LogP contribution in [0.5, 0.6) is 23.0 Å². The Balaban J connectivity index is 1.77. The predicted molar refractivity (Wildman–Crippen MR) is 131 cm³/mol. The smallest absolute Gasteiger partial charge is 0.303 e. The van der Waals surface area contributed by atoms with Crippen molar-refractivity contribution >= 4 is 22.9 Å². The Morgan fingerprint density at radius 1 is 1.00 bits per heavy atom. The second-order valence-corrected chi connectivity index (χ2v) is 8.66. The molecule has 2 heterocycles. The maximum Gasteiger partial charge on any atom is 0.303 e. The molecule has 0 aliphatic carbocycles. The molecule has 1 aliphatic rings. The fourth-order valence-corrected chi connectivity index (χ4v) is 4.13.